The van der Waals surface area contributed by atoms with Crippen LogP contribution in [0, 0.1) is 6.92 Å². The summed E-state index contributed by atoms with van der Waals surface area (Å²) in [5.74, 6) is -4.71. The van der Waals surface area contributed by atoms with Crippen molar-refractivity contribution in [3.8, 4) is 0 Å². The van der Waals surface area contributed by atoms with Crippen LogP contribution in [0.5, 0.6) is 0 Å². The number of alkyl halides is 6. The Balaban J connectivity index is 0.000000402. The fraction of sp³-hybridized carbons (Fsp3) is 0.538. The second-order valence-corrected chi connectivity index (χ2v) is 9.58. The number of carboxylic acids is 2. The minimum Gasteiger partial charge on any atom is -0.475 e. The third kappa shape index (κ3) is 9.14. The standard InChI is InChI=1S/C22H29N5O3.2C2HF3O2/c1-4-25(5-2)20(29)18-15-27-14-11-23-21(27)22(30-18)9-12-26(13-10-22)19(28)17-8-6-7-16(3)24-17;2*3-2(4,5)1(6)7/h6-8,11,14,18H,4-5,9-10,12-13,15H2,1-3H3;2*(H,6,7). The van der Waals surface area contributed by atoms with Gasteiger partial charge < -0.3 is 29.3 Å². The fourth-order valence-corrected chi connectivity index (χ4v) is 4.50. The Morgan fingerprint density at radius 1 is 1.00 bits per heavy atom. The van der Waals surface area contributed by atoms with Gasteiger partial charge in [0.05, 0.1) is 6.54 Å². The third-order valence-electron chi connectivity index (χ3n) is 6.65. The van der Waals surface area contributed by atoms with E-state index in [-0.39, 0.29) is 11.8 Å². The lowest BCUT2D eigenvalue weighted by Crippen LogP contribution is -2.55. The first-order chi connectivity index (χ1) is 20.4. The molecule has 2 aliphatic rings. The molecule has 244 valence electrons. The maximum atomic E-state index is 13.0. The Bertz CT molecular complexity index is 1290. The van der Waals surface area contributed by atoms with Crippen molar-refractivity contribution in [3.05, 3.63) is 47.8 Å². The molecular weight excluding hydrogens is 608 g/mol. The predicted molar refractivity (Wildman–Crippen MR) is 138 cm³/mol. The molecule has 0 saturated carbocycles. The molecule has 0 aliphatic carbocycles. The summed E-state index contributed by atoms with van der Waals surface area (Å²) >= 11 is 0. The van der Waals surface area contributed by atoms with Gasteiger partial charge in [-0.3, -0.25) is 9.59 Å². The highest BCUT2D eigenvalue weighted by Crippen LogP contribution is 2.40. The molecule has 4 rings (SSSR count). The fourth-order valence-electron chi connectivity index (χ4n) is 4.50. The number of hydrogen-bond donors (Lipinski definition) is 2. The van der Waals surface area contributed by atoms with Crippen molar-refractivity contribution in [1.82, 2.24) is 24.3 Å². The van der Waals surface area contributed by atoms with Gasteiger partial charge in [0.1, 0.15) is 17.1 Å². The number of carboxylic acid groups (broad SMARTS) is 2. The third-order valence-corrected chi connectivity index (χ3v) is 6.65. The molecule has 1 unspecified atom stereocenters. The van der Waals surface area contributed by atoms with Crippen LogP contribution in [0.4, 0.5) is 26.3 Å². The van der Waals surface area contributed by atoms with Gasteiger partial charge in [0.2, 0.25) is 0 Å². The first kappa shape index (κ1) is 36.0. The number of carbonyl (C=O) groups excluding carboxylic acids is 2. The molecule has 1 atom stereocenters. The van der Waals surface area contributed by atoms with Gasteiger partial charge in [-0.1, -0.05) is 6.07 Å². The maximum absolute atomic E-state index is 13.0. The normalized spacial score (nSPS) is 17.3. The predicted octanol–water partition coefficient (Wildman–Crippen LogP) is 3.25. The van der Waals surface area contributed by atoms with Crippen LogP contribution in [-0.4, -0.2) is 103 Å². The van der Waals surface area contributed by atoms with Crippen LogP contribution in [0.2, 0.25) is 0 Å². The van der Waals surface area contributed by atoms with Crippen LogP contribution >= 0.6 is 0 Å². The first-order valence-electron chi connectivity index (χ1n) is 13.2. The van der Waals surface area contributed by atoms with Crippen molar-refractivity contribution in [2.45, 2.75) is 64.2 Å². The van der Waals surface area contributed by atoms with Gasteiger partial charge in [0, 0.05) is 57.1 Å². The van der Waals surface area contributed by atoms with Crippen LogP contribution in [0.3, 0.4) is 0 Å². The monoisotopic (exact) mass is 639 g/mol. The molecule has 0 bridgehead atoms. The Kier molecular flexibility index (Phi) is 11.9. The summed E-state index contributed by atoms with van der Waals surface area (Å²) < 4.78 is 72.0. The van der Waals surface area contributed by atoms with Crippen molar-refractivity contribution in [3.63, 3.8) is 0 Å². The molecular formula is C26H31F6N5O7. The molecule has 2 N–H and O–H groups in total. The van der Waals surface area contributed by atoms with E-state index in [1.165, 1.54) is 0 Å². The van der Waals surface area contributed by atoms with Gasteiger partial charge in [-0.2, -0.15) is 26.3 Å². The molecule has 2 aromatic heterocycles. The molecule has 18 heteroatoms. The summed E-state index contributed by atoms with van der Waals surface area (Å²) in [4.78, 5) is 56.2. The Hall–Kier alpha value is -4.22. The van der Waals surface area contributed by atoms with Gasteiger partial charge in [-0.15, -0.1) is 0 Å². The number of likely N-dealkylation sites (N-methyl/N-ethyl adjacent to an activating group) is 1. The largest absolute Gasteiger partial charge is 0.490 e. The molecule has 1 spiro atoms. The smallest absolute Gasteiger partial charge is 0.475 e. The van der Waals surface area contributed by atoms with Gasteiger partial charge in [-0.25, -0.2) is 19.6 Å². The number of hydrogen-bond acceptors (Lipinski definition) is 7. The SMILES string of the molecule is CCN(CC)C(=O)C1Cn2ccnc2C2(CCN(C(=O)c3cccc(C)n3)CC2)O1.O=C(O)C(F)(F)F.O=C(O)C(F)(F)F. The number of rotatable bonds is 4. The summed E-state index contributed by atoms with van der Waals surface area (Å²) in [6.07, 6.45) is -5.82. The number of imidazole rings is 1. The highest BCUT2D eigenvalue weighted by molar-refractivity contribution is 5.92. The molecule has 2 amide bonds. The first-order valence-corrected chi connectivity index (χ1v) is 13.2. The molecule has 2 aliphatic heterocycles. The highest BCUT2D eigenvalue weighted by atomic mass is 19.4. The quantitative estimate of drug-likeness (QED) is 0.480. The van der Waals surface area contributed by atoms with E-state index in [1.807, 2.05) is 53.5 Å². The number of amides is 2. The van der Waals surface area contributed by atoms with E-state index in [1.54, 1.807) is 12.3 Å². The summed E-state index contributed by atoms with van der Waals surface area (Å²) in [6.45, 7) is 8.70. The van der Waals surface area contributed by atoms with Crippen LogP contribution < -0.4 is 0 Å². The summed E-state index contributed by atoms with van der Waals surface area (Å²) in [5.41, 5.74) is 0.641. The molecule has 0 aromatic carbocycles. The van der Waals surface area contributed by atoms with Gasteiger partial charge in [0.25, 0.3) is 11.8 Å². The Labute approximate surface area is 247 Å². The number of fused-ring (bicyclic) bond motifs is 2. The maximum Gasteiger partial charge on any atom is 0.490 e. The van der Waals surface area contributed by atoms with E-state index >= 15 is 0 Å². The van der Waals surface area contributed by atoms with Crippen LogP contribution in [-0.2, 0) is 31.3 Å². The number of nitrogens with zero attached hydrogens (tertiary/aromatic N) is 5. The minimum absolute atomic E-state index is 0.0150. The van der Waals surface area contributed by atoms with E-state index in [9.17, 15) is 35.9 Å². The summed E-state index contributed by atoms with van der Waals surface area (Å²) in [6, 6.07) is 5.48. The number of likely N-dealkylation sites (tertiary alicyclic amines) is 1. The molecule has 1 fully saturated rings. The zero-order valence-corrected chi connectivity index (χ0v) is 23.9. The summed E-state index contributed by atoms with van der Waals surface area (Å²) in [7, 11) is 0. The number of pyridine rings is 1. The average Bonchev–Trinajstić information content (AvgIpc) is 3.43. The minimum atomic E-state index is -5.08. The molecule has 2 aromatic rings. The number of halogens is 6. The van der Waals surface area contributed by atoms with Crippen LogP contribution in [0.1, 0.15) is 48.7 Å². The van der Waals surface area contributed by atoms with Crippen molar-refractivity contribution < 1.29 is 60.5 Å². The van der Waals surface area contributed by atoms with Crippen molar-refractivity contribution >= 4 is 23.8 Å². The van der Waals surface area contributed by atoms with E-state index < -0.39 is 36.0 Å². The Morgan fingerprint density at radius 2 is 1.52 bits per heavy atom. The lowest BCUT2D eigenvalue weighted by molar-refractivity contribution is -0.193. The van der Waals surface area contributed by atoms with Crippen LogP contribution in [0.15, 0.2) is 30.6 Å². The van der Waals surface area contributed by atoms with E-state index in [0.29, 0.717) is 51.3 Å². The van der Waals surface area contributed by atoms with E-state index in [2.05, 4.69) is 9.97 Å². The van der Waals surface area contributed by atoms with E-state index in [4.69, 9.17) is 24.5 Å². The highest BCUT2D eigenvalue weighted by Gasteiger charge is 2.48. The average molecular weight is 640 g/mol. The number of aromatic nitrogens is 3. The van der Waals surface area contributed by atoms with Crippen LogP contribution in [0.25, 0.3) is 0 Å². The van der Waals surface area contributed by atoms with E-state index in [0.717, 1.165) is 11.5 Å². The zero-order valence-electron chi connectivity index (χ0n) is 23.9. The molecule has 12 nitrogen and oxygen atoms in total. The van der Waals surface area contributed by atoms with Gasteiger partial charge >= 0.3 is 24.3 Å². The number of aryl methyl sites for hydroxylation is 1. The molecule has 4 heterocycles. The Morgan fingerprint density at radius 3 is 1.98 bits per heavy atom. The zero-order chi connectivity index (χ0) is 33.5. The lowest BCUT2D eigenvalue weighted by Gasteiger charge is -2.46. The van der Waals surface area contributed by atoms with Crippen molar-refractivity contribution in [2.75, 3.05) is 26.2 Å². The number of piperidine rings is 1. The molecule has 0 radical (unpaired) electrons. The topological polar surface area (TPSA) is 155 Å². The second-order valence-electron chi connectivity index (χ2n) is 9.58. The van der Waals surface area contributed by atoms with Gasteiger partial charge in [0.15, 0.2) is 6.10 Å². The van der Waals surface area contributed by atoms with Crippen molar-refractivity contribution in [2.24, 2.45) is 0 Å². The summed E-state index contributed by atoms with van der Waals surface area (Å²) in [5, 5.41) is 14.2. The molecule has 44 heavy (non-hydrogen) atoms. The molecule has 1 saturated heterocycles. The number of carbonyl (C=O) groups is 4. The van der Waals surface area contributed by atoms with Gasteiger partial charge in [-0.05, 0) is 32.9 Å². The number of ether oxygens (including phenoxy) is 1. The number of aliphatic carboxylic acids is 2. The second kappa shape index (κ2) is 14.5. The van der Waals surface area contributed by atoms with Crippen molar-refractivity contribution in [1.29, 1.82) is 0 Å². The lowest BCUT2D eigenvalue weighted by atomic mass is 9.88.